The molecule has 1 aromatic heterocycles. The van der Waals surface area contributed by atoms with Crippen molar-refractivity contribution in [1.29, 1.82) is 0 Å². The number of amides is 1. The number of fused-ring (bicyclic) bond motifs is 1. The van der Waals surface area contributed by atoms with Crippen LogP contribution in [0.2, 0.25) is 0 Å². The van der Waals surface area contributed by atoms with Gasteiger partial charge in [0.1, 0.15) is 0 Å². The van der Waals surface area contributed by atoms with Crippen LogP contribution in [0.15, 0.2) is 41.9 Å². The van der Waals surface area contributed by atoms with Crippen molar-refractivity contribution in [2.75, 3.05) is 19.5 Å². The molecule has 0 aliphatic carbocycles. The number of anilines is 1. The summed E-state index contributed by atoms with van der Waals surface area (Å²) in [6.07, 6.45) is 0. The predicted octanol–water partition coefficient (Wildman–Crippen LogP) is 3.57. The SMILES string of the molecule is COc1cccc(C(=O)Nc2ccc3ncsc3c2)c1OC. The Morgan fingerprint density at radius 3 is 2.82 bits per heavy atom. The highest BCUT2D eigenvalue weighted by Crippen LogP contribution is 2.31. The van der Waals surface area contributed by atoms with E-state index in [-0.39, 0.29) is 5.91 Å². The molecule has 6 heteroatoms. The third-order valence-corrected chi connectivity index (χ3v) is 4.03. The number of ether oxygens (including phenoxy) is 2. The molecular weight excluding hydrogens is 300 g/mol. The summed E-state index contributed by atoms with van der Waals surface area (Å²) in [4.78, 5) is 16.7. The predicted molar refractivity (Wildman–Crippen MR) is 87.1 cm³/mol. The van der Waals surface area contributed by atoms with E-state index >= 15 is 0 Å². The normalized spacial score (nSPS) is 10.5. The molecule has 1 heterocycles. The van der Waals surface area contributed by atoms with Gasteiger partial charge in [-0.15, -0.1) is 11.3 Å². The van der Waals surface area contributed by atoms with Gasteiger partial charge in [0.25, 0.3) is 5.91 Å². The largest absolute Gasteiger partial charge is 0.493 e. The molecule has 0 saturated carbocycles. The molecule has 0 spiro atoms. The molecule has 0 aliphatic heterocycles. The van der Waals surface area contributed by atoms with Crippen molar-refractivity contribution in [1.82, 2.24) is 4.98 Å². The standard InChI is InChI=1S/C16H14N2O3S/c1-20-13-5-3-4-11(15(13)21-2)16(19)18-10-6-7-12-14(8-10)22-9-17-12/h3-9H,1-2H3,(H,18,19). The first-order valence-electron chi connectivity index (χ1n) is 6.58. The quantitative estimate of drug-likeness (QED) is 0.800. The van der Waals surface area contributed by atoms with E-state index in [1.807, 2.05) is 18.2 Å². The molecule has 0 aliphatic rings. The fourth-order valence-electron chi connectivity index (χ4n) is 2.20. The van der Waals surface area contributed by atoms with Crippen LogP contribution in [0.3, 0.4) is 0 Å². The van der Waals surface area contributed by atoms with Crippen LogP contribution in [-0.4, -0.2) is 25.1 Å². The highest BCUT2D eigenvalue weighted by Gasteiger charge is 2.16. The second kappa shape index (κ2) is 6.03. The van der Waals surface area contributed by atoms with Crippen molar-refractivity contribution in [2.24, 2.45) is 0 Å². The number of nitrogens with one attached hydrogen (secondary N) is 1. The smallest absolute Gasteiger partial charge is 0.259 e. The highest BCUT2D eigenvalue weighted by atomic mass is 32.1. The second-order valence-electron chi connectivity index (χ2n) is 4.53. The van der Waals surface area contributed by atoms with Crippen molar-refractivity contribution < 1.29 is 14.3 Å². The number of hydrogen-bond donors (Lipinski definition) is 1. The van der Waals surface area contributed by atoms with Crippen molar-refractivity contribution in [2.45, 2.75) is 0 Å². The highest BCUT2D eigenvalue weighted by molar-refractivity contribution is 7.16. The summed E-state index contributed by atoms with van der Waals surface area (Å²) in [6.45, 7) is 0. The molecule has 22 heavy (non-hydrogen) atoms. The van der Waals surface area contributed by atoms with E-state index in [2.05, 4.69) is 10.3 Å². The van der Waals surface area contributed by atoms with Crippen molar-refractivity contribution >= 4 is 33.1 Å². The molecule has 2 aromatic carbocycles. The van der Waals surface area contributed by atoms with Crippen LogP contribution < -0.4 is 14.8 Å². The number of thiazole rings is 1. The van der Waals surface area contributed by atoms with Gasteiger partial charge in [-0.1, -0.05) is 6.07 Å². The number of hydrogen-bond acceptors (Lipinski definition) is 5. The lowest BCUT2D eigenvalue weighted by molar-refractivity contribution is 0.102. The molecule has 112 valence electrons. The van der Waals surface area contributed by atoms with Gasteiger partial charge < -0.3 is 14.8 Å². The molecule has 0 bridgehead atoms. The Hall–Kier alpha value is -2.60. The molecule has 0 saturated heterocycles. The van der Waals surface area contributed by atoms with Gasteiger partial charge in [-0.25, -0.2) is 4.98 Å². The fraction of sp³-hybridized carbons (Fsp3) is 0.125. The Morgan fingerprint density at radius 2 is 2.05 bits per heavy atom. The lowest BCUT2D eigenvalue weighted by Crippen LogP contribution is -2.13. The second-order valence-corrected chi connectivity index (χ2v) is 5.42. The maximum absolute atomic E-state index is 12.5. The zero-order valence-electron chi connectivity index (χ0n) is 12.1. The Labute approximate surface area is 131 Å². The molecule has 0 atom stereocenters. The third-order valence-electron chi connectivity index (χ3n) is 3.24. The van der Waals surface area contributed by atoms with Gasteiger partial charge in [-0.05, 0) is 30.3 Å². The van der Waals surface area contributed by atoms with Crippen LogP contribution in [0, 0.1) is 0 Å². The van der Waals surface area contributed by atoms with Gasteiger partial charge in [0.2, 0.25) is 0 Å². The summed E-state index contributed by atoms with van der Waals surface area (Å²) < 4.78 is 11.5. The summed E-state index contributed by atoms with van der Waals surface area (Å²) in [5, 5.41) is 2.87. The lowest BCUT2D eigenvalue weighted by Gasteiger charge is -2.12. The van der Waals surface area contributed by atoms with Crippen molar-refractivity contribution in [3.63, 3.8) is 0 Å². The summed E-state index contributed by atoms with van der Waals surface area (Å²) in [7, 11) is 3.05. The van der Waals surface area contributed by atoms with Gasteiger partial charge in [0.05, 0.1) is 35.5 Å². The zero-order chi connectivity index (χ0) is 15.5. The fourth-order valence-corrected chi connectivity index (χ4v) is 2.91. The molecule has 0 unspecified atom stereocenters. The van der Waals surface area contributed by atoms with Gasteiger partial charge in [-0.3, -0.25) is 4.79 Å². The maximum atomic E-state index is 12.5. The number of carbonyl (C=O) groups excluding carboxylic acids is 1. The lowest BCUT2D eigenvalue weighted by atomic mass is 10.1. The zero-order valence-corrected chi connectivity index (χ0v) is 12.9. The number of para-hydroxylation sites is 1. The minimum Gasteiger partial charge on any atom is -0.493 e. The molecule has 3 aromatic rings. The van der Waals surface area contributed by atoms with Crippen LogP contribution >= 0.6 is 11.3 Å². The number of benzene rings is 2. The number of methoxy groups -OCH3 is 2. The van der Waals surface area contributed by atoms with Crippen LogP contribution in [0.25, 0.3) is 10.2 Å². The average Bonchev–Trinajstić information content (AvgIpc) is 3.01. The van der Waals surface area contributed by atoms with Gasteiger partial charge in [0.15, 0.2) is 11.5 Å². The molecule has 0 fully saturated rings. The van der Waals surface area contributed by atoms with Crippen LogP contribution in [0.1, 0.15) is 10.4 Å². The van der Waals surface area contributed by atoms with Gasteiger partial charge >= 0.3 is 0 Å². The molecule has 1 amide bonds. The molecule has 0 radical (unpaired) electrons. The number of nitrogens with zero attached hydrogens (tertiary/aromatic N) is 1. The molecule has 1 N–H and O–H groups in total. The first-order chi connectivity index (χ1) is 10.7. The summed E-state index contributed by atoms with van der Waals surface area (Å²) in [5.41, 5.74) is 3.83. The third kappa shape index (κ3) is 2.60. The summed E-state index contributed by atoms with van der Waals surface area (Å²) in [5.74, 6) is 0.689. The first-order valence-corrected chi connectivity index (χ1v) is 7.46. The number of rotatable bonds is 4. The minimum atomic E-state index is -0.250. The summed E-state index contributed by atoms with van der Waals surface area (Å²) in [6, 6.07) is 10.8. The van der Waals surface area contributed by atoms with E-state index in [0.29, 0.717) is 22.7 Å². The molecular formula is C16H14N2O3S. The summed E-state index contributed by atoms with van der Waals surface area (Å²) >= 11 is 1.53. The first kappa shape index (κ1) is 14.3. The topological polar surface area (TPSA) is 60.5 Å². The van der Waals surface area contributed by atoms with E-state index in [1.54, 1.807) is 23.7 Å². The Balaban J connectivity index is 1.91. The van der Waals surface area contributed by atoms with E-state index in [9.17, 15) is 4.79 Å². The van der Waals surface area contributed by atoms with Gasteiger partial charge in [0, 0.05) is 5.69 Å². The van der Waals surface area contributed by atoms with Crippen molar-refractivity contribution in [3.8, 4) is 11.5 Å². The maximum Gasteiger partial charge on any atom is 0.259 e. The van der Waals surface area contributed by atoms with Crippen LogP contribution in [0.5, 0.6) is 11.5 Å². The van der Waals surface area contributed by atoms with E-state index in [1.165, 1.54) is 25.6 Å². The van der Waals surface area contributed by atoms with E-state index < -0.39 is 0 Å². The number of aromatic nitrogens is 1. The van der Waals surface area contributed by atoms with Crippen molar-refractivity contribution in [3.05, 3.63) is 47.5 Å². The molecule has 3 rings (SSSR count). The van der Waals surface area contributed by atoms with Crippen LogP contribution in [0.4, 0.5) is 5.69 Å². The average molecular weight is 314 g/mol. The van der Waals surface area contributed by atoms with Gasteiger partial charge in [-0.2, -0.15) is 0 Å². The Morgan fingerprint density at radius 1 is 1.18 bits per heavy atom. The van der Waals surface area contributed by atoms with E-state index in [4.69, 9.17) is 9.47 Å². The van der Waals surface area contributed by atoms with E-state index in [0.717, 1.165) is 10.2 Å². The Kier molecular flexibility index (Phi) is 3.93. The minimum absolute atomic E-state index is 0.250. The number of carbonyl (C=O) groups is 1. The monoisotopic (exact) mass is 314 g/mol. The van der Waals surface area contributed by atoms with Crippen LogP contribution in [-0.2, 0) is 0 Å². The Bertz CT molecular complexity index is 829. The molecule has 5 nitrogen and oxygen atoms in total.